The summed E-state index contributed by atoms with van der Waals surface area (Å²) in [6.07, 6.45) is 3.52. The molecule has 2 bridgehead atoms. The fraction of sp³-hybridized carbons (Fsp3) is 0.611. The number of hydrogen-bond acceptors (Lipinski definition) is 2. The molecule has 114 valence electrons. The second-order valence-corrected chi connectivity index (χ2v) is 7.12. The van der Waals surface area contributed by atoms with E-state index < -0.39 is 0 Å². The highest BCUT2D eigenvalue weighted by Gasteiger charge is 2.49. The summed E-state index contributed by atoms with van der Waals surface area (Å²) in [6.45, 7) is 6.38. The summed E-state index contributed by atoms with van der Waals surface area (Å²) in [5, 5.41) is 3.20. The van der Waals surface area contributed by atoms with E-state index in [4.69, 9.17) is 5.73 Å². The number of para-hydroxylation sites is 1. The van der Waals surface area contributed by atoms with Crippen LogP contribution in [0.5, 0.6) is 0 Å². The van der Waals surface area contributed by atoms with Crippen molar-refractivity contribution in [1.29, 1.82) is 0 Å². The molecule has 3 N–H and O–H groups in total. The summed E-state index contributed by atoms with van der Waals surface area (Å²) in [7, 11) is 0. The highest BCUT2D eigenvalue weighted by atomic mass is 16.2. The van der Waals surface area contributed by atoms with Crippen LogP contribution in [-0.4, -0.2) is 11.9 Å². The molecule has 2 fully saturated rings. The van der Waals surface area contributed by atoms with Crippen LogP contribution in [0.2, 0.25) is 0 Å². The van der Waals surface area contributed by atoms with Gasteiger partial charge >= 0.3 is 0 Å². The van der Waals surface area contributed by atoms with Gasteiger partial charge in [-0.3, -0.25) is 4.79 Å². The van der Waals surface area contributed by atoms with Crippen molar-refractivity contribution in [2.45, 2.75) is 52.0 Å². The molecule has 21 heavy (non-hydrogen) atoms. The van der Waals surface area contributed by atoms with Gasteiger partial charge in [-0.25, -0.2) is 0 Å². The Morgan fingerprint density at radius 2 is 2.00 bits per heavy atom. The zero-order chi connectivity index (χ0) is 15.1. The minimum Gasteiger partial charge on any atom is -0.327 e. The second-order valence-electron chi connectivity index (χ2n) is 7.12. The van der Waals surface area contributed by atoms with Crippen molar-refractivity contribution in [3.8, 4) is 0 Å². The first-order chi connectivity index (χ1) is 9.99. The van der Waals surface area contributed by atoms with Gasteiger partial charge in [-0.1, -0.05) is 32.0 Å². The minimum absolute atomic E-state index is 0.00312. The maximum atomic E-state index is 12.8. The van der Waals surface area contributed by atoms with E-state index in [2.05, 4.69) is 44.3 Å². The molecule has 0 spiro atoms. The number of anilines is 1. The molecule has 0 saturated heterocycles. The predicted octanol–water partition coefficient (Wildman–Crippen LogP) is 3.43. The smallest absolute Gasteiger partial charge is 0.229 e. The van der Waals surface area contributed by atoms with Gasteiger partial charge in [-0.15, -0.1) is 0 Å². The highest BCUT2D eigenvalue weighted by Crippen LogP contribution is 2.48. The Hall–Kier alpha value is -1.35. The van der Waals surface area contributed by atoms with Gasteiger partial charge in [0.05, 0.1) is 5.92 Å². The molecule has 2 aliphatic rings. The van der Waals surface area contributed by atoms with E-state index in [9.17, 15) is 4.79 Å². The van der Waals surface area contributed by atoms with Crippen molar-refractivity contribution < 1.29 is 4.79 Å². The van der Waals surface area contributed by atoms with Gasteiger partial charge < -0.3 is 11.1 Å². The van der Waals surface area contributed by atoms with E-state index >= 15 is 0 Å². The average Bonchev–Trinajstić information content (AvgIpc) is 3.01. The molecule has 1 amide bonds. The monoisotopic (exact) mass is 286 g/mol. The fourth-order valence-electron chi connectivity index (χ4n) is 4.27. The Kier molecular flexibility index (Phi) is 3.78. The summed E-state index contributed by atoms with van der Waals surface area (Å²) in [5.74, 6) is 1.59. The molecule has 0 radical (unpaired) electrons. The van der Waals surface area contributed by atoms with Gasteiger partial charge in [0.1, 0.15) is 0 Å². The number of rotatable bonds is 3. The molecular weight excluding hydrogens is 260 g/mol. The van der Waals surface area contributed by atoms with Crippen LogP contribution in [0, 0.1) is 24.7 Å². The fourth-order valence-corrected chi connectivity index (χ4v) is 4.27. The van der Waals surface area contributed by atoms with E-state index in [1.807, 2.05) is 0 Å². The number of nitrogens with two attached hydrogens (primary N) is 1. The Morgan fingerprint density at radius 1 is 1.29 bits per heavy atom. The SMILES string of the molecule is Cc1cccc(C(C)C)c1NC(=O)C1C2CCC(C2)C1N. The molecule has 0 aliphatic heterocycles. The van der Waals surface area contributed by atoms with E-state index in [-0.39, 0.29) is 17.9 Å². The number of fused-ring (bicyclic) bond motifs is 2. The minimum atomic E-state index is 0.00312. The molecule has 4 atom stereocenters. The largest absolute Gasteiger partial charge is 0.327 e. The number of benzene rings is 1. The molecule has 3 rings (SSSR count). The lowest BCUT2D eigenvalue weighted by molar-refractivity contribution is -0.121. The molecule has 3 nitrogen and oxygen atoms in total. The van der Waals surface area contributed by atoms with Gasteiger partial charge in [-0.05, 0) is 55.1 Å². The molecule has 1 aromatic carbocycles. The van der Waals surface area contributed by atoms with Crippen molar-refractivity contribution >= 4 is 11.6 Å². The molecule has 3 heteroatoms. The predicted molar refractivity (Wildman–Crippen MR) is 86.2 cm³/mol. The Morgan fingerprint density at radius 3 is 2.62 bits per heavy atom. The number of carbonyl (C=O) groups is 1. The van der Waals surface area contributed by atoms with Crippen molar-refractivity contribution in [3.05, 3.63) is 29.3 Å². The number of nitrogens with one attached hydrogen (secondary N) is 1. The standard InChI is InChI=1S/C18H26N2O/c1-10(2)14-6-4-5-11(3)17(14)20-18(21)15-12-7-8-13(9-12)16(15)19/h4-6,10,12-13,15-16H,7-9,19H2,1-3H3,(H,20,21). The summed E-state index contributed by atoms with van der Waals surface area (Å²) < 4.78 is 0. The first-order valence-electron chi connectivity index (χ1n) is 8.15. The summed E-state index contributed by atoms with van der Waals surface area (Å²) in [5.41, 5.74) is 9.63. The van der Waals surface area contributed by atoms with E-state index in [0.717, 1.165) is 17.7 Å². The van der Waals surface area contributed by atoms with Gasteiger partial charge in [0.15, 0.2) is 0 Å². The lowest BCUT2D eigenvalue weighted by Crippen LogP contribution is -2.42. The average molecular weight is 286 g/mol. The second kappa shape index (κ2) is 5.45. The first kappa shape index (κ1) is 14.6. The van der Waals surface area contributed by atoms with Crippen LogP contribution in [0.1, 0.15) is 50.2 Å². The normalized spacial score (nSPS) is 30.9. The van der Waals surface area contributed by atoms with E-state index in [1.165, 1.54) is 18.4 Å². The highest BCUT2D eigenvalue weighted by molar-refractivity contribution is 5.95. The third-order valence-corrected chi connectivity index (χ3v) is 5.46. The van der Waals surface area contributed by atoms with Crippen LogP contribution in [0.15, 0.2) is 18.2 Å². The van der Waals surface area contributed by atoms with Gasteiger partial charge in [-0.2, -0.15) is 0 Å². The summed E-state index contributed by atoms with van der Waals surface area (Å²) >= 11 is 0. The van der Waals surface area contributed by atoms with Crippen LogP contribution < -0.4 is 11.1 Å². The summed E-state index contributed by atoms with van der Waals surface area (Å²) in [6, 6.07) is 6.27. The van der Waals surface area contributed by atoms with Gasteiger partial charge in [0, 0.05) is 11.7 Å². The van der Waals surface area contributed by atoms with Crippen LogP contribution in [0.25, 0.3) is 0 Å². The molecule has 1 aromatic rings. The van der Waals surface area contributed by atoms with Crippen molar-refractivity contribution in [2.24, 2.45) is 23.5 Å². The van der Waals surface area contributed by atoms with Crippen molar-refractivity contribution in [1.82, 2.24) is 0 Å². The third-order valence-electron chi connectivity index (χ3n) is 5.46. The number of hydrogen-bond donors (Lipinski definition) is 2. The third kappa shape index (κ3) is 2.48. The maximum Gasteiger partial charge on any atom is 0.229 e. The summed E-state index contributed by atoms with van der Waals surface area (Å²) in [4.78, 5) is 12.8. The molecule has 4 unspecified atom stereocenters. The van der Waals surface area contributed by atoms with Crippen LogP contribution >= 0.6 is 0 Å². The first-order valence-corrected chi connectivity index (χ1v) is 8.15. The topological polar surface area (TPSA) is 55.1 Å². The number of aryl methyl sites for hydroxylation is 1. The Balaban J connectivity index is 1.82. The zero-order valence-electron chi connectivity index (χ0n) is 13.2. The lowest BCUT2D eigenvalue weighted by Gasteiger charge is -2.28. The Labute approximate surface area is 127 Å². The number of amides is 1. The van der Waals surface area contributed by atoms with E-state index in [1.54, 1.807) is 0 Å². The Bertz CT molecular complexity index is 550. The molecule has 0 heterocycles. The number of carbonyl (C=O) groups excluding carboxylic acids is 1. The van der Waals surface area contributed by atoms with Crippen LogP contribution in [0.3, 0.4) is 0 Å². The zero-order valence-corrected chi connectivity index (χ0v) is 13.2. The van der Waals surface area contributed by atoms with Gasteiger partial charge in [0.2, 0.25) is 5.91 Å². The molecule has 0 aromatic heterocycles. The molecular formula is C18H26N2O. The van der Waals surface area contributed by atoms with Gasteiger partial charge in [0.25, 0.3) is 0 Å². The van der Waals surface area contributed by atoms with Crippen LogP contribution in [-0.2, 0) is 4.79 Å². The molecule has 2 aliphatic carbocycles. The maximum absolute atomic E-state index is 12.8. The lowest BCUT2D eigenvalue weighted by atomic mass is 9.84. The van der Waals surface area contributed by atoms with Crippen LogP contribution in [0.4, 0.5) is 5.69 Å². The van der Waals surface area contributed by atoms with E-state index in [0.29, 0.717) is 17.8 Å². The van der Waals surface area contributed by atoms with Crippen molar-refractivity contribution in [2.75, 3.05) is 5.32 Å². The molecule has 2 saturated carbocycles. The van der Waals surface area contributed by atoms with Crippen molar-refractivity contribution in [3.63, 3.8) is 0 Å². The quantitative estimate of drug-likeness (QED) is 0.894.